The lowest BCUT2D eigenvalue weighted by Crippen LogP contribution is -2.30. The number of carbonyl (C=O) groups is 2. The molecule has 1 saturated carbocycles. The molecule has 24 heavy (non-hydrogen) atoms. The highest BCUT2D eigenvalue weighted by Gasteiger charge is 2.40. The maximum atomic E-state index is 12.6. The molecule has 0 bridgehead atoms. The Morgan fingerprint density at radius 1 is 1.04 bits per heavy atom. The lowest BCUT2D eigenvalue weighted by atomic mass is 9.86. The van der Waals surface area contributed by atoms with E-state index in [2.05, 4.69) is 0 Å². The van der Waals surface area contributed by atoms with Crippen molar-refractivity contribution in [3.05, 3.63) is 35.9 Å². The molecule has 2 atom stereocenters. The number of amides is 1. The van der Waals surface area contributed by atoms with E-state index in [0.29, 0.717) is 25.4 Å². The Morgan fingerprint density at radius 3 is 2.42 bits per heavy atom. The predicted octanol–water partition coefficient (Wildman–Crippen LogP) is 3.67. The van der Waals surface area contributed by atoms with Gasteiger partial charge in [-0.1, -0.05) is 62.4 Å². The van der Waals surface area contributed by atoms with E-state index in [0.717, 1.165) is 12.0 Å². The molecule has 3 rings (SSSR count). The van der Waals surface area contributed by atoms with Crippen LogP contribution in [0.5, 0.6) is 0 Å². The molecule has 1 aromatic rings. The van der Waals surface area contributed by atoms with E-state index in [9.17, 15) is 14.7 Å². The van der Waals surface area contributed by atoms with Crippen molar-refractivity contribution in [1.82, 2.24) is 4.90 Å². The fraction of sp³-hybridized carbons (Fsp3) is 0.600. The number of benzene rings is 1. The van der Waals surface area contributed by atoms with Crippen LogP contribution in [0, 0.1) is 11.8 Å². The van der Waals surface area contributed by atoms with Crippen LogP contribution in [0.3, 0.4) is 0 Å². The maximum absolute atomic E-state index is 12.6. The van der Waals surface area contributed by atoms with Crippen LogP contribution < -0.4 is 0 Å². The minimum absolute atomic E-state index is 0.0951. The lowest BCUT2D eigenvalue weighted by Gasteiger charge is -2.23. The molecule has 1 N–H and O–H groups in total. The molecule has 4 nitrogen and oxygen atoms in total. The predicted molar refractivity (Wildman–Crippen MR) is 92.7 cm³/mol. The topological polar surface area (TPSA) is 57.6 Å². The molecular weight excluding hydrogens is 302 g/mol. The van der Waals surface area contributed by atoms with Crippen molar-refractivity contribution in [3.8, 4) is 0 Å². The molecular formula is C20H27NO3. The van der Waals surface area contributed by atoms with Crippen LogP contribution in [-0.2, 0) is 9.59 Å². The van der Waals surface area contributed by atoms with Crippen LogP contribution in [0.2, 0.25) is 0 Å². The quantitative estimate of drug-likeness (QED) is 0.896. The van der Waals surface area contributed by atoms with E-state index in [1.165, 1.54) is 32.1 Å². The van der Waals surface area contributed by atoms with Gasteiger partial charge in [0.15, 0.2) is 0 Å². The molecule has 1 amide bonds. The Labute approximate surface area is 143 Å². The summed E-state index contributed by atoms with van der Waals surface area (Å²) in [5.74, 6) is -0.574. The highest BCUT2D eigenvalue weighted by molar-refractivity contribution is 5.79. The molecule has 130 valence electrons. The Morgan fingerprint density at radius 2 is 1.75 bits per heavy atom. The Bertz CT molecular complexity index is 566. The highest BCUT2D eigenvalue weighted by Crippen LogP contribution is 2.34. The number of hydrogen-bond donors (Lipinski definition) is 1. The molecule has 0 aromatic heterocycles. The molecule has 0 radical (unpaired) electrons. The van der Waals surface area contributed by atoms with Crippen LogP contribution in [0.25, 0.3) is 0 Å². The average Bonchev–Trinajstić information content (AvgIpc) is 3.07. The Kier molecular flexibility index (Phi) is 5.54. The van der Waals surface area contributed by atoms with Crippen LogP contribution >= 0.6 is 0 Å². The van der Waals surface area contributed by atoms with E-state index in [4.69, 9.17) is 0 Å². The molecule has 2 fully saturated rings. The van der Waals surface area contributed by atoms with Gasteiger partial charge in [-0.3, -0.25) is 9.59 Å². The molecule has 4 heteroatoms. The summed E-state index contributed by atoms with van der Waals surface area (Å²) < 4.78 is 0. The molecule has 2 unspecified atom stereocenters. The van der Waals surface area contributed by atoms with Gasteiger partial charge in [-0.2, -0.15) is 0 Å². The fourth-order valence-electron chi connectivity index (χ4n) is 4.26. The average molecular weight is 329 g/mol. The van der Waals surface area contributed by atoms with Gasteiger partial charge in [0.2, 0.25) is 5.91 Å². The first-order chi connectivity index (χ1) is 11.6. The van der Waals surface area contributed by atoms with Gasteiger partial charge in [0.25, 0.3) is 0 Å². The number of carboxylic acid groups (broad SMARTS) is 1. The maximum Gasteiger partial charge on any atom is 0.308 e. The largest absolute Gasteiger partial charge is 0.481 e. The van der Waals surface area contributed by atoms with Crippen molar-refractivity contribution >= 4 is 11.9 Å². The van der Waals surface area contributed by atoms with Gasteiger partial charge in [0.05, 0.1) is 5.92 Å². The van der Waals surface area contributed by atoms with Crippen molar-refractivity contribution in [2.45, 2.75) is 50.9 Å². The number of nitrogens with zero attached hydrogens (tertiary/aromatic N) is 1. The normalized spacial score (nSPS) is 24.9. The molecule has 1 saturated heterocycles. The van der Waals surface area contributed by atoms with Gasteiger partial charge in [-0.15, -0.1) is 0 Å². The van der Waals surface area contributed by atoms with E-state index >= 15 is 0 Å². The number of carboxylic acids is 1. The summed E-state index contributed by atoms with van der Waals surface area (Å²) in [6, 6.07) is 9.73. The minimum atomic E-state index is -0.800. The van der Waals surface area contributed by atoms with Crippen molar-refractivity contribution in [2.75, 3.05) is 13.1 Å². The monoisotopic (exact) mass is 329 g/mol. The van der Waals surface area contributed by atoms with Crippen molar-refractivity contribution < 1.29 is 14.7 Å². The first kappa shape index (κ1) is 17.0. The molecule has 2 aliphatic rings. The first-order valence-electron chi connectivity index (χ1n) is 9.20. The molecule has 1 aromatic carbocycles. The zero-order chi connectivity index (χ0) is 16.9. The van der Waals surface area contributed by atoms with Gasteiger partial charge < -0.3 is 10.0 Å². The summed E-state index contributed by atoms with van der Waals surface area (Å²) in [5, 5.41) is 9.54. The number of likely N-dealkylation sites (tertiary alicyclic amines) is 1. The third kappa shape index (κ3) is 3.97. The van der Waals surface area contributed by atoms with Crippen LogP contribution in [0.4, 0.5) is 0 Å². The summed E-state index contributed by atoms with van der Waals surface area (Å²) in [7, 11) is 0. The zero-order valence-electron chi connectivity index (χ0n) is 14.2. The van der Waals surface area contributed by atoms with Gasteiger partial charge in [-0.05, 0) is 17.9 Å². The standard InChI is InChI=1S/C20H27NO3/c22-19(12-11-15-7-3-1-4-8-15)21-13-17(18(14-21)20(23)24)16-9-5-2-6-10-16/h2,5-6,9-10,15,17-18H,1,3-4,7-8,11-14H2,(H,23,24). The van der Waals surface area contributed by atoms with Crippen molar-refractivity contribution in [1.29, 1.82) is 0 Å². The SMILES string of the molecule is O=C(O)C1CN(C(=O)CCC2CCCCC2)CC1c1ccccc1. The van der Waals surface area contributed by atoms with Crippen molar-refractivity contribution in [3.63, 3.8) is 0 Å². The van der Waals surface area contributed by atoms with E-state index in [1.54, 1.807) is 4.90 Å². The summed E-state index contributed by atoms with van der Waals surface area (Å²) in [6.45, 7) is 0.878. The fourth-order valence-corrected chi connectivity index (χ4v) is 4.26. The first-order valence-corrected chi connectivity index (χ1v) is 9.20. The summed E-state index contributed by atoms with van der Waals surface area (Å²) >= 11 is 0. The third-order valence-corrected chi connectivity index (χ3v) is 5.71. The van der Waals surface area contributed by atoms with Gasteiger partial charge in [0.1, 0.15) is 0 Å². The van der Waals surface area contributed by atoms with E-state index in [-0.39, 0.29) is 11.8 Å². The number of rotatable bonds is 5. The summed E-state index contributed by atoms with van der Waals surface area (Å²) in [4.78, 5) is 26.0. The molecule has 0 spiro atoms. The second-order valence-electron chi connectivity index (χ2n) is 7.30. The minimum Gasteiger partial charge on any atom is -0.481 e. The Hall–Kier alpha value is -1.84. The third-order valence-electron chi connectivity index (χ3n) is 5.71. The van der Waals surface area contributed by atoms with Crippen LogP contribution in [0.1, 0.15) is 56.4 Å². The molecule has 1 aliphatic carbocycles. The van der Waals surface area contributed by atoms with Crippen LogP contribution in [0.15, 0.2) is 30.3 Å². The zero-order valence-corrected chi connectivity index (χ0v) is 14.2. The van der Waals surface area contributed by atoms with Gasteiger partial charge >= 0.3 is 5.97 Å². The van der Waals surface area contributed by atoms with Crippen molar-refractivity contribution in [2.24, 2.45) is 11.8 Å². The summed E-state index contributed by atoms with van der Waals surface area (Å²) in [6.07, 6.45) is 7.94. The van der Waals surface area contributed by atoms with E-state index < -0.39 is 11.9 Å². The second kappa shape index (κ2) is 7.82. The number of hydrogen-bond acceptors (Lipinski definition) is 2. The number of aliphatic carboxylic acids is 1. The summed E-state index contributed by atoms with van der Waals surface area (Å²) in [5.41, 5.74) is 1.02. The Balaban J connectivity index is 1.60. The van der Waals surface area contributed by atoms with Gasteiger partial charge in [0, 0.05) is 25.4 Å². The van der Waals surface area contributed by atoms with E-state index in [1.807, 2.05) is 30.3 Å². The molecule has 1 heterocycles. The molecule has 1 aliphatic heterocycles. The van der Waals surface area contributed by atoms with Crippen LogP contribution in [-0.4, -0.2) is 35.0 Å². The van der Waals surface area contributed by atoms with Gasteiger partial charge in [-0.25, -0.2) is 0 Å². The highest BCUT2D eigenvalue weighted by atomic mass is 16.4. The smallest absolute Gasteiger partial charge is 0.308 e. The second-order valence-corrected chi connectivity index (χ2v) is 7.30. The lowest BCUT2D eigenvalue weighted by molar-refractivity contribution is -0.141. The number of carbonyl (C=O) groups excluding carboxylic acids is 1.